The van der Waals surface area contributed by atoms with Gasteiger partial charge in [-0.05, 0) is 18.6 Å². The highest BCUT2D eigenvalue weighted by Crippen LogP contribution is 2.18. The molecule has 0 radical (unpaired) electrons. The van der Waals surface area contributed by atoms with E-state index in [0.717, 1.165) is 5.56 Å². The normalized spacial score (nSPS) is 11.4. The van der Waals surface area contributed by atoms with Gasteiger partial charge in [-0.3, -0.25) is 4.72 Å². The highest BCUT2D eigenvalue weighted by Gasteiger charge is 2.12. The van der Waals surface area contributed by atoms with Crippen molar-refractivity contribution in [1.82, 2.24) is 0 Å². The van der Waals surface area contributed by atoms with E-state index < -0.39 is 10.0 Å². The van der Waals surface area contributed by atoms with Crippen LogP contribution in [-0.2, 0) is 20.6 Å². The van der Waals surface area contributed by atoms with E-state index in [1.165, 1.54) is 0 Å². The lowest BCUT2D eigenvalue weighted by Crippen LogP contribution is -2.20. The first-order valence-corrected chi connectivity index (χ1v) is 7.50. The van der Waals surface area contributed by atoms with Crippen LogP contribution < -0.4 is 4.72 Å². The third kappa shape index (κ3) is 4.93. The van der Waals surface area contributed by atoms with Crippen molar-refractivity contribution in [3.05, 3.63) is 29.8 Å². The van der Waals surface area contributed by atoms with Gasteiger partial charge in [-0.2, -0.15) is 0 Å². The van der Waals surface area contributed by atoms with Crippen molar-refractivity contribution < 1.29 is 13.2 Å². The van der Waals surface area contributed by atoms with Gasteiger partial charge in [-0.25, -0.2) is 8.42 Å². The first-order chi connectivity index (χ1) is 8.09. The topological polar surface area (TPSA) is 55.4 Å². The summed E-state index contributed by atoms with van der Waals surface area (Å²) in [7, 11) is -3.37. The quantitative estimate of drug-likeness (QED) is 0.614. The first kappa shape index (κ1) is 14.3. The maximum absolute atomic E-state index is 11.7. The number of anilines is 1. The number of hydrogen-bond acceptors (Lipinski definition) is 3. The molecule has 0 aromatic heterocycles. The van der Waals surface area contributed by atoms with Crippen molar-refractivity contribution in [2.24, 2.45) is 0 Å². The van der Waals surface area contributed by atoms with Crippen molar-refractivity contribution in [2.45, 2.75) is 12.8 Å². The van der Waals surface area contributed by atoms with Crippen LogP contribution in [0.2, 0.25) is 0 Å². The number of halogens is 1. The van der Waals surface area contributed by atoms with Crippen LogP contribution in [-0.4, -0.2) is 27.4 Å². The first-order valence-electron chi connectivity index (χ1n) is 5.31. The molecule has 0 heterocycles. The SMILES string of the molecule is CCOCCS(=O)(=O)Nc1ccccc1CCl. The molecule has 0 saturated carbocycles. The third-order valence-corrected chi connectivity index (χ3v) is 3.65. The van der Waals surface area contributed by atoms with E-state index >= 15 is 0 Å². The summed E-state index contributed by atoms with van der Waals surface area (Å²) in [5, 5.41) is 0. The molecule has 0 saturated heterocycles. The van der Waals surface area contributed by atoms with Gasteiger partial charge in [-0.1, -0.05) is 18.2 Å². The van der Waals surface area contributed by atoms with Crippen LogP contribution >= 0.6 is 11.6 Å². The Morgan fingerprint density at radius 3 is 2.71 bits per heavy atom. The molecule has 4 nitrogen and oxygen atoms in total. The van der Waals surface area contributed by atoms with E-state index in [1.807, 2.05) is 13.0 Å². The summed E-state index contributed by atoms with van der Waals surface area (Å²) in [6, 6.07) is 7.05. The predicted octanol–water partition coefficient (Wildman–Crippen LogP) is 2.20. The molecule has 6 heteroatoms. The van der Waals surface area contributed by atoms with Gasteiger partial charge >= 0.3 is 0 Å². The van der Waals surface area contributed by atoms with E-state index in [-0.39, 0.29) is 18.2 Å². The summed E-state index contributed by atoms with van der Waals surface area (Å²) in [6.07, 6.45) is 0. The third-order valence-electron chi connectivity index (χ3n) is 2.13. The number of nitrogens with one attached hydrogen (secondary N) is 1. The van der Waals surface area contributed by atoms with Crippen LogP contribution in [0.3, 0.4) is 0 Å². The Morgan fingerprint density at radius 1 is 1.35 bits per heavy atom. The van der Waals surface area contributed by atoms with Crippen molar-refractivity contribution in [1.29, 1.82) is 0 Å². The second kappa shape index (κ2) is 6.83. The summed E-state index contributed by atoms with van der Waals surface area (Å²) < 4.78 is 30.9. The van der Waals surface area contributed by atoms with Gasteiger partial charge in [0.05, 0.1) is 18.0 Å². The fourth-order valence-electron chi connectivity index (χ4n) is 1.27. The van der Waals surface area contributed by atoms with E-state index in [9.17, 15) is 8.42 Å². The van der Waals surface area contributed by atoms with Gasteiger partial charge in [0, 0.05) is 12.5 Å². The summed E-state index contributed by atoms with van der Waals surface area (Å²) >= 11 is 5.73. The maximum atomic E-state index is 11.7. The molecule has 1 N–H and O–H groups in total. The lowest BCUT2D eigenvalue weighted by molar-refractivity contribution is 0.163. The van der Waals surface area contributed by atoms with E-state index in [4.69, 9.17) is 16.3 Å². The number of rotatable bonds is 7. The van der Waals surface area contributed by atoms with Crippen molar-refractivity contribution in [3.63, 3.8) is 0 Å². The maximum Gasteiger partial charge on any atom is 0.235 e. The van der Waals surface area contributed by atoms with Crippen LogP contribution in [0.15, 0.2) is 24.3 Å². The summed E-state index contributed by atoms with van der Waals surface area (Å²) in [6.45, 7) is 2.52. The molecule has 1 aromatic carbocycles. The van der Waals surface area contributed by atoms with Crippen LogP contribution in [0.1, 0.15) is 12.5 Å². The smallest absolute Gasteiger partial charge is 0.235 e. The minimum atomic E-state index is -3.37. The number of alkyl halides is 1. The molecule has 1 aromatic rings. The fraction of sp³-hybridized carbons (Fsp3) is 0.455. The van der Waals surface area contributed by atoms with Gasteiger partial charge in [0.15, 0.2) is 0 Å². The number of benzene rings is 1. The Morgan fingerprint density at radius 2 is 2.06 bits per heavy atom. The predicted molar refractivity (Wildman–Crippen MR) is 69.9 cm³/mol. The number of ether oxygens (including phenoxy) is 1. The highest BCUT2D eigenvalue weighted by molar-refractivity contribution is 7.92. The van der Waals surface area contributed by atoms with E-state index in [1.54, 1.807) is 18.2 Å². The summed E-state index contributed by atoms with van der Waals surface area (Å²) in [5.41, 5.74) is 1.29. The molecule has 0 aliphatic carbocycles. The summed E-state index contributed by atoms with van der Waals surface area (Å²) in [4.78, 5) is 0. The second-order valence-electron chi connectivity index (χ2n) is 3.41. The molecule has 0 amide bonds. The van der Waals surface area contributed by atoms with Crippen LogP contribution in [0.25, 0.3) is 0 Å². The number of sulfonamides is 1. The minimum Gasteiger partial charge on any atom is -0.381 e. The lowest BCUT2D eigenvalue weighted by Gasteiger charge is -2.10. The largest absolute Gasteiger partial charge is 0.381 e. The molecular formula is C11H16ClNO3S. The van der Waals surface area contributed by atoms with Crippen LogP contribution in [0, 0.1) is 0 Å². The minimum absolute atomic E-state index is 0.0581. The van der Waals surface area contributed by atoms with Crippen molar-refractivity contribution in [3.8, 4) is 0 Å². The standard InChI is InChI=1S/C11H16ClNO3S/c1-2-16-7-8-17(14,15)13-11-6-4-3-5-10(11)9-12/h3-6,13H,2,7-9H2,1H3. The molecule has 0 aliphatic heterocycles. The van der Waals surface area contributed by atoms with Gasteiger partial charge in [-0.15, -0.1) is 11.6 Å². The van der Waals surface area contributed by atoms with Crippen LogP contribution in [0.4, 0.5) is 5.69 Å². The molecule has 1 rings (SSSR count). The lowest BCUT2D eigenvalue weighted by atomic mass is 10.2. The molecule has 17 heavy (non-hydrogen) atoms. The Bertz CT molecular complexity index is 448. The Hall–Kier alpha value is -0.780. The highest BCUT2D eigenvalue weighted by atomic mass is 35.5. The Kier molecular flexibility index (Phi) is 5.74. The zero-order valence-corrected chi connectivity index (χ0v) is 11.2. The number of hydrogen-bond donors (Lipinski definition) is 1. The molecule has 0 aliphatic rings. The van der Waals surface area contributed by atoms with E-state index in [2.05, 4.69) is 4.72 Å². The second-order valence-corrected chi connectivity index (χ2v) is 5.52. The van der Waals surface area contributed by atoms with Crippen molar-refractivity contribution >= 4 is 27.3 Å². The zero-order chi connectivity index (χ0) is 12.7. The Balaban J connectivity index is 2.69. The molecule has 0 unspecified atom stereocenters. The average molecular weight is 278 g/mol. The fourth-order valence-corrected chi connectivity index (χ4v) is 2.47. The van der Waals surface area contributed by atoms with Crippen molar-refractivity contribution in [2.75, 3.05) is 23.7 Å². The van der Waals surface area contributed by atoms with Crippen LogP contribution in [0.5, 0.6) is 0 Å². The Labute approximate surface area is 107 Å². The van der Waals surface area contributed by atoms with Gasteiger partial charge in [0.1, 0.15) is 0 Å². The molecule has 0 bridgehead atoms. The molecule has 0 atom stereocenters. The molecule has 96 valence electrons. The van der Waals surface area contributed by atoms with Gasteiger partial charge in [0.25, 0.3) is 0 Å². The number of para-hydroxylation sites is 1. The van der Waals surface area contributed by atoms with Gasteiger partial charge in [0.2, 0.25) is 10.0 Å². The average Bonchev–Trinajstić information content (AvgIpc) is 2.29. The van der Waals surface area contributed by atoms with Gasteiger partial charge < -0.3 is 4.74 Å². The zero-order valence-electron chi connectivity index (χ0n) is 9.65. The molecule has 0 fully saturated rings. The van der Waals surface area contributed by atoms with E-state index in [0.29, 0.717) is 12.3 Å². The molecular weight excluding hydrogens is 262 g/mol. The molecule has 0 spiro atoms. The monoisotopic (exact) mass is 277 g/mol. The summed E-state index contributed by atoms with van der Waals surface area (Å²) in [5.74, 6) is 0.210.